The van der Waals surface area contributed by atoms with Crippen molar-refractivity contribution in [3.05, 3.63) is 72.1 Å². The number of carbonyl (C=O) groups is 3. The Balaban J connectivity index is 1.68. The summed E-state index contributed by atoms with van der Waals surface area (Å²) >= 11 is 0. The van der Waals surface area contributed by atoms with Crippen LogP contribution >= 0.6 is 7.82 Å². The quantitative estimate of drug-likeness (QED) is 0.0508. The number of para-hydroxylation sites is 2. The molecule has 2 aliphatic rings. The largest absolute Gasteiger partial charge is 0.646 e. The molecule has 256 valence electrons. The van der Waals surface area contributed by atoms with Crippen molar-refractivity contribution in [3.63, 3.8) is 0 Å². The minimum absolute atomic E-state index is 0.0828. The summed E-state index contributed by atoms with van der Waals surface area (Å²) in [7, 11) is -6.61. The Morgan fingerprint density at radius 1 is 0.872 bits per heavy atom. The predicted octanol–water partition coefficient (Wildman–Crippen LogP) is 7.60. The molecule has 0 N–H and O–H groups in total. The molecule has 3 unspecified atom stereocenters. The molecule has 13 heteroatoms. The summed E-state index contributed by atoms with van der Waals surface area (Å²) < 4.78 is 49.3. The molecule has 1 amide bonds. The third-order valence-electron chi connectivity index (χ3n) is 8.93. The smallest absolute Gasteiger partial charge is 0.428 e. The number of carbonyl (C=O) groups excluding carboxylic acids is 3. The van der Waals surface area contributed by atoms with Gasteiger partial charge in [-0.25, -0.2) is 4.79 Å². The van der Waals surface area contributed by atoms with Crippen molar-refractivity contribution in [1.82, 2.24) is 4.90 Å². The third-order valence-corrected chi connectivity index (χ3v) is 15.0. The number of amides is 1. The number of benzene rings is 2. The summed E-state index contributed by atoms with van der Waals surface area (Å²) in [5, 5.41) is 0. The van der Waals surface area contributed by atoms with Crippen LogP contribution in [0, 0.1) is 11.8 Å². The summed E-state index contributed by atoms with van der Waals surface area (Å²) in [6, 6.07) is 18.9. The first-order valence-electron chi connectivity index (χ1n) is 16.4. The van der Waals surface area contributed by atoms with Gasteiger partial charge in [-0.15, -0.1) is 0 Å². The highest BCUT2D eigenvalue weighted by atomic mass is 31.2. The Morgan fingerprint density at radius 3 is 1.94 bits per heavy atom. The van der Waals surface area contributed by atoms with E-state index in [1.54, 1.807) is 67.6 Å². The average Bonchev–Trinajstić information content (AvgIpc) is 3.30. The van der Waals surface area contributed by atoms with Gasteiger partial charge in [0.15, 0.2) is 14.0 Å². The van der Waals surface area contributed by atoms with Gasteiger partial charge in [0.25, 0.3) is 0 Å². The van der Waals surface area contributed by atoms with E-state index in [2.05, 4.69) is 20.8 Å². The molecule has 11 nitrogen and oxygen atoms in total. The van der Waals surface area contributed by atoms with Crippen molar-refractivity contribution >= 4 is 34.0 Å². The molecule has 0 aliphatic carbocycles. The SMILES string of the molecule is CCCCC(=O)OCOC(=O)C1=C(OP(=O)(Oc2ccccc2)Oc2ccccc2)C(C)[C@@H]2C(C(C)O[Si](CC)(CC)CC)C(=O)N12. The lowest BCUT2D eigenvalue weighted by molar-refractivity contribution is -0.171. The van der Waals surface area contributed by atoms with Gasteiger partial charge >= 0.3 is 19.8 Å². The lowest BCUT2D eigenvalue weighted by Crippen LogP contribution is -2.65. The highest BCUT2D eigenvalue weighted by Crippen LogP contribution is 2.57. The van der Waals surface area contributed by atoms with Gasteiger partial charge in [0.1, 0.15) is 17.3 Å². The van der Waals surface area contributed by atoms with Crippen molar-refractivity contribution < 1.29 is 46.4 Å². The molecule has 2 aromatic rings. The third kappa shape index (κ3) is 8.28. The molecular formula is C34H46NO10PSi. The molecule has 0 saturated carbocycles. The van der Waals surface area contributed by atoms with Crippen molar-refractivity contribution in [2.75, 3.05) is 6.79 Å². The predicted molar refractivity (Wildman–Crippen MR) is 177 cm³/mol. The maximum absolute atomic E-state index is 14.4. The van der Waals surface area contributed by atoms with E-state index in [1.807, 2.05) is 13.8 Å². The Hall–Kier alpha value is -3.60. The van der Waals surface area contributed by atoms with Crippen LogP contribution in [0.4, 0.5) is 0 Å². The van der Waals surface area contributed by atoms with E-state index in [4.69, 9.17) is 27.5 Å². The summed E-state index contributed by atoms with van der Waals surface area (Å²) in [6.07, 6.45) is 1.19. The highest BCUT2D eigenvalue weighted by molar-refractivity contribution is 7.49. The fourth-order valence-corrected chi connectivity index (χ4v) is 10.4. The summed E-state index contributed by atoms with van der Waals surface area (Å²) in [5.74, 6) is -2.69. The van der Waals surface area contributed by atoms with Crippen LogP contribution in [0.15, 0.2) is 72.1 Å². The molecule has 0 radical (unpaired) electrons. The number of fused-ring (bicyclic) bond motifs is 1. The molecule has 0 aromatic heterocycles. The standard InChI is InChI=1S/C34H46NO10PSi/c1-7-11-22-28(36)40-23-41-34(38)31-32(24(5)30-29(33(37)35(30)31)25(6)45-47(8-2,9-3)10-4)44-46(39,42-26-18-14-12-15-19-26)43-27-20-16-13-17-21-27/h12-21,24-25,29-30H,7-11,22-23H2,1-6H3/t24?,25?,29?,30-/m1/s1. The van der Waals surface area contributed by atoms with Gasteiger partial charge in [0.05, 0.1) is 18.1 Å². The Morgan fingerprint density at radius 2 is 1.43 bits per heavy atom. The number of β-lactam (4-membered cyclic amide) rings is 1. The zero-order chi connectivity index (χ0) is 34.2. The van der Waals surface area contributed by atoms with Crippen molar-refractivity contribution in [1.29, 1.82) is 0 Å². The average molecular weight is 688 g/mol. The second kappa shape index (κ2) is 16.0. The normalized spacial score (nSPS) is 19.8. The highest BCUT2D eigenvalue weighted by Gasteiger charge is 2.63. The van der Waals surface area contributed by atoms with Crippen molar-refractivity contribution in [2.24, 2.45) is 11.8 Å². The first-order valence-corrected chi connectivity index (χ1v) is 20.4. The van der Waals surface area contributed by atoms with Crippen LogP contribution < -0.4 is 9.05 Å². The second-order valence-corrected chi connectivity index (χ2v) is 18.0. The first kappa shape index (κ1) is 36.2. The molecule has 1 fully saturated rings. The van der Waals surface area contributed by atoms with Gasteiger partial charge in [0, 0.05) is 12.3 Å². The van der Waals surface area contributed by atoms with E-state index in [9.17, 15) is 18.9 Å². The lowest BCUT2D eigenvalue weighted by Gasteiger charge is -2.49. The molecule has 4 rings (SSSR count). The molecule has 1 saturated heterocycles. The molecule has 2 aromatic carbocycles. The Kier molecular flexibility index (Phi) is 12.3. The van der Waals surface area contributed by atoms with Crippen LogP contribution in [-0.2, 0) is 37.4 Å². The molecule has 0 bridgehead atoms. The summed E-state index contributed by atoms with van der Waals surface area (Å²) in [4.78, 5) is 40.8. The minimum atomic E-state index is -4.53. The summed E-state index contributed by atoms with van der Waals surface area (Å²) in [5.41, 5.74) is -0.237. The van der Waals surface area contributed by atoms with Crippen molar-refractivity contribution in [3.8, 4) is 11.5 Å². The lowest BCUT2D eigenvalue weighted by atomic mass is 9.79. The molecule has 0 spiro atoms. The maximum atomic E-state index is 14.4. The van der Waals surface area contributed by atoms with Crippen LogP contribution in [0.1, 0.15) is 60.8 Å². The van der Waals surface area contributed by atoms with Gasteiger partial charge in [-0.05, 0) is 55.7 Å². The molecule has 47 heavy (non-hydrogen) atoms. The number of unbranched alkanes of at least 4 members (excludes halogenated alkanes) is 1. The molecule has 2 heterocycles. The Labute approximate surface area is 278 Å². The van der Waals surface area contributed by atoms with Crippen LogP contribution in [0.2, 0.25) is 18.1 Å². The number of rotatable bonds is 18. The number of nitrogens with zero attached hydrogens (tertiary/aromatic N) is 1. The number of ether oxygens (including phenoxy) is 2. The molecule has 2 aliphatic heterocycles. The fourth-order valence-electron chi connectivity index (χ4n) is 6.09. The van der Waals surface area contributed by atoms with E-state index in [0.717, 1.165) is 24.6 Å². The monoisotopic (exact) mass is 687 g/mol. The first-order chi connectivity index (χ1) is 22.5. The van der Waals surface area contributed by atoms with Crippen LogP contribution in [0.3, 0.4) is 0 Å². The van der Waals surface area contributed by atoms with E-state index < -0.39 is 58.9 Å². The summed E-state index contributed by atoms with van der Waals surface area (Å²) in [6.45, 7) is 11.3. The van der Waals surface area contributed by atoms with Crippen molar-refractivity contribution in [2.45, 2.75) is 91.1 Å². The number of esters is 2. The van der Waals surface area contributed by atoms with Crippen LogP contribution in [-0.4, -0.2) is 50.0 Å². The van der Waals surface area contributed by atoms with Gasteiger partial charge in [0.2, 0.25) is 12.7 Å². The van der Waals surface area contributed by atoms with Gasteiger partial charge in [-0.2, -0.15) is 4.57 Å². The van der Waals surface area contributed by atoms with E-state index >= 15 is 0 Å². The number of phosphoric acid groups is 1. The van der Waals surface area contributed by atoms with E-state index in [1.165, 1.54) is 4.90 Å². The zero-order valence-corrected chi connectivity index (χ0v) is 29.9. The van der Waals surface area contributed by atoms with Gasteiger partial charge in [-0.1, -0.05) is 77.4 Å². The Bertz CT molecular complexity index is 1410. The molecule has 4 atom stereocenters. The number of phosphoric ester groups is 1. The number of hydrogen-bond donors (Lipinski definition) is 0. The minimum Gasteiger partial charge on any atom is -0.428 e. The second-order valence-electron chi connectivity index (χ2n) is 11.8. The van der Waals surface area contributed by atoms with Crippen LogP contribution in [0.25, 0.3) is 0 Å². The number of hydrogen-bond acceptors (Lipinski definition) is 10. The van der Waals surface area contributed by atoms with Gasteiger partial charge < -0.3 is 27.5 Å². The zero-order valence-electron chi connectivity index (χ0n) is 28.0. The maximum Gasteiger partial charge on any atom is 0.646 e. The molecular weight excluding hydrogens is 641 g/mol. The van der Waals surface area contributed by atoms with E-state index in [-0.39, 0.29) is 35.3 Å². The fraction of sp³-hybridized carbons (Fsp3) is 0.500. The topological polar surface area (TPSA) is 127 Å². The van der Waals surface area contributed by atoms with E-state index in [0.29, 0.717) is 6.42 Å². The van der Waals surface area contributed by atoms with Gasteiger partial charge in [-0.3, -0.25) is 14.5 Å². The van der Waals surface area contributed by atoms with Crippen LogP contribution in [0.5, 0.6) is 11.5 Å².